The zero-order chi connectivity index (χ0) is 24.6. The molecule has 11 nitrogen and oxygen atoms in total. The number of phosphoric acid groups is 1. The molecule has 12 heteroatoms. The van der Waals surface area contributed by atoms with E-state index < -0.39 is 49.9 Å². The Kier molecular flexibility index (Phi) is 7.55. The van der Waals surface area contributed by atoms with Crippen molar-refractivity contribution in [1.29, 1.82) is 0 Å². The molecule has 0 aromatic heterocycles. The third kappa shape index (κ3) is 5.41. The Hall–Kier alpha value is -1.33. The summed E-state index contributed by atoms with van der Waals surface area (Å²) in [4.78, 5) is 44.2. The number of aliphatic hydroxyl groups is 2. The molecule has 7 unspecified atom stereocenters. The summed E-state index contributed by atoms with van der Waals surface area (Å²) in [5.74, 6) is -0.788. The van der Waals surface area contributed by atoms with E-state index in [1.165, 1.54) is 6.08 Å². The second-order valence-electron chi connectivity index (χ2n) is 10.2. The molecule has 4 aliphatic heterocycles. The number of nitrogens with one attached hydrogen (secondary N) is 2. The third-order valence-corrected chi connectivity index (χ3v) is 8.19. The summed E-state index contributed by atoms with van der Waals surface area (Å²) in [5.41, 5.74) is -2.11. The summed E-state index contributed by atoms with van der Waals surface area (Å²) >= 11 is 0. The van der Waals surface area contributed by atoms with E-state index >= 15 is 0 Å². The van der Waals surface area contributed by atoms with Gasteiger partial charge in [0.2, 0.25) is 11.8 Å². The monoisotopic (exact) mass is 502 g/mol. The molecular formula is C22H35N2O9P. The Bertz CT molecular complexity index is 863. The molecule has 6 N–H and O–H groups in total. The number of allylic oxidation sites excluding steroid dienone is 1. The highest BCUT2D eigenvalue weighted by molar-refractivity contribution is 7.46. The number of hydrogen-bond donors (Lipinski definition) is 6. The molecule has 3 fully saturated rings. The van der Waals surface area contributed by atoms with Gasteiger partial charge in [0.1, 0.15) is 30.0 Å². The largest absolute Gasteiger partial charge is 0.469 e. The van der Waals surface area contributed by atoms with Gasteiger partial charge in [-0.2, -0.15) is 0 Å². The molecule has 2 amide bonds. The quantitative estimate of drug-likeness (QED) is 0.298. The second kappa shape index (κ2) is 9.97. The molecule has 0 saturated carbocycles. The third-order valence-electron chi connectivity index (χ3n) is 7.71. The summed E-state index contributed by atoms with van der Waals surface area (Å²) in [7, 11) is -4.80. The van der Waals surface area contributed by atoms with Crippen LogP contribution >= 0.6 is 7.82 Å². The van der Waals surface area contributed by atoms with E-state index in [1.807, 2.05) is 0 Å². The highest BCUT2D eigenvalue weighted by Gasteiger charge is 2.58. The van der Waals surface area contributed by atoms with Crippen molar-refractivity contribution in [1.82, 2.24) is 10.6 Å². The Morgan fingerprint density at radius 3 is 2.38 bits per heavy atom. The summed E-state index contributed by atoms with van der Waals surface area (Å²) in [6.45, 7) is -0.605. The maximum atomic E-state index is 13.8. The van der Waals surface area contributed by atoms with Crippen LogP contribution in [0.1, 0.15) is 64.2 Å². The first-order valence-corrected chi connectivity index (χ1v) is 13.6. The average Bonchev–Trinajstić information content (AvgIpc) is 2.88. The van der Waals surface area contributed by atoms with Gasteiger partial charge in [-0.1, -0.05) is 44.6 Å². The summed E-state index contributed by atoms with van der Waals surface area (Å²) in [5, 5.41) is 27.6. The number of rotatable bonds is 4. The topological polar surface area (TPSA) is 175 Å². The molecule has 0 aliphatic carbocycles. The number of phosphoric ester groups is 1. The van der Waals surface area contributed by atoms with Gasteiger partial charge in [0, 0.05) is 0 Å². The van der Waals surface area contributed by atoms with E-state index in [0.717, 1.165) is 38.5 Å². The Balaban J connectivity index is 1.68. The zero-order valence-electron chi connectivity index (χ0n) is 19.1. The predicted molar refractivity (Wildman–Crippen MR) is 119 cm³/mol. The number of fused-ring (bicyclic) bond motifs is 3. The average molecular weight is 503 g/mol. The van der Waals surface area contributed by atoms with Gasteiger partial charge < -0.3 is 35.4 Å². The first kappa shape index (κ1) is 25.8. The fourth-order valence-electron chi connectivity index (χ4n) is 6.08. The van der Waals surface area contributed by atoms with Crippen LogP contribution in [-0.2, 0) is 23.4 Å². The summed E-state index contributed by atoms with van der Waals surface area (Å²) in [6.07, 6.45) is 5.61. The summed E-state index contributed by atoms with van der Waals surface area (Å²) in [6, 6.07) is 0. The lowest BCUT2D eigenvalue weighted by atomic mass is 9.76. The Morgan fingerprint density at radius 2 is 1.68 bits per heavy atom. The van der Waals surface area contributed by atoms with Gasteiger partial charge in [-0.3, -0.25) is 14.1 Å². The molecule has 4 aliphatic rings. The van der Waals surface area contributed by atoms with Crippen LogP contribution in [0.15, 0.2) is 12.2 Å². The molecule has 192 valence electrons. The molecule has 1 spiro atoms. The molecule has 4 rings (SSSR count). The van der Waals surface area contributed by atoms with E-state index in [2.05, 4.69) is 15.2 Å². The van der Waals surface area contributed by atoms with Crippen LogP contribution in [0, 0.1) is 5.92 Å². The van der Waals surface area contributed by atoms with Crippen molar-refractivity contribution in [3.8, 4) is 0 Å². The first-order valence-electron chi connectivity index (χ1n) is 12.1. The lowest BCUT2D eigenvalue weighted by Crippen LogP contribution is -2.65. The number of aliphatic hydroxyl groups excluding tert-OH is 2. The number of carbonyl (C=O) groups is 2. The van der Waals surface area contributed by atoms with Crippen LogP contribution in [0.25, 0.3) is 0 Å². The van der Waals surface area contributed by atoms with Crippen LogP contribution in [0.5, 0.6) is 0 Å². The van der Waals surface area contributed by atoms with Crippen molar-refractivity contribution < 1.29 is 43.4 Å². The lowest BCUT2D eigenvalue weighted by molar-refractivity contribution is -0.136. The zero-order valence-corrected chi connectivity index (χ0v) is 20.0. The van der Waals surface area contributed by atoms with Crippen LogP contribution < -0.4 is 10.6 Å². The van der Waals surface area contributed by atoms with Crippen molar-refractivity contribution in [2.75, 3.05) is 6.61 Å². The van der Waals surface area contributed by atoms with Gasteiger partial charge in [0.15, 0.2) is 0 Å². The van der Waals surface area contributed by atoms with Crippen LogP contribution in [0.4, 0.5) is 0 Å². The van der Waals surface area contributed by atoms with Crippen molar-refractivity contribution in [3.63, 3.8) is 0 Å². The molecule has 3 bridgehead atoms. The van der Waals surface area contributed by atoms with Gasteiger partial charge in [0.25, 0.3) is 0 Å². The predicted octanol–water partition coefficient (Wildman–Crippen LogP) is 0.409. The van der Waals surface area contributed by atoms with Crippen LogP contribution in [-0.4, -0.2) is 73.9 Å². The Morgan fingerprint density at radius 1 is 1.00 bits per heavy atom. The minimum Gasteiger partial charge on any atom is -0.388 e. The molecule has 3 saturated heterocycles. The number of hydrogen-bond acceptors (Lipinski definition) is 7. The van der Waals surface area contributed by atoms with E-state index in [-0.39, 0.29) is 17.7 Å². The molecule has 0 aromatic rings. The number of amides is 2. The smallest absolute Gasteiger partial charge is 0.388 e. The minimum atomic E-state index is -4.80. The van der Waals surface area contributed by atoms with Crippen molar-refractivity contribution in [2.45, 2.75) is 99.7 Å². The van der Waals surface area contributed by atoms with Crippen molar-refractivity contribution in [2.24, 2.45) is 5.92 Å². The highest BCUT2D eigenvalue weighted by atomic mass is 31.2. The van der Waals surface area contributed by atoms with Crippen molar-refractivity contribution >= 4 is 19.6 Å². The molecule has 7 atom stereocenters. The standard InChI is InChI=1S/C22H35N2O9P/c25-16-8-7-14-11-21(19-18(27)17(26)15(33-19)13-32-34(29,30)31)9-5-3-1-2-4-6-10-22(12-14,23-16)20(28)24-21/h7-8,14-15,17-19,26-27H,1-6,9-13H2,(H,23,25)(H,24,28)(H2,29,30,31). The van der Waals surface area contributed by atoms with E-state index in [1.54, 1.807) is 6.08 Å². The SMILES string of the molecule is O=C1C=CC2CC3(CCCCCCCCC(C4OC(COP(=O)(O)O)C(O)C4O)(C2)NC3=O)N1. The number of carbonyl (C=O) groups excluding carboxylic acids is 2. The van der Waals surface area contributed by atoms with Gasteiger partial charge in [-0.25, -0.2) is 4.57 Å². The second-order valence-corrected chi connectivity index (χ2v) is 11.4. The molecule has 0 radical (unpaired) electrons. The fraction of sp³-hybridized carbons (Fsp3) is 0.818. The van der Waals surface area contributed by atoms with Crippen LogP contribution in [0.2, 0.25) is 0 Å². The molecular weight excluding hydrogens is 467 g/mol. The minimum absolute atomic E-state index is 0.156. The molecule has 4 heterocycles. The Labute approximate surface area is 198 Å². The molecule has 34 heavy (non-hydrogen) atoms. The first-order chi connectivity index (χ1) is 16.0. The van der Waals surface area contributed by atoms with E-state index in [9.17, 15) is 24.4 Å². The maximum absolute atomic E-state index is 13.8. The lowest BCUT2D eigenvalue weighted by Gasteiger charge is -2.42. The van der Waals surface area contributed by atoms with Crippen molar-refractivity contribution in [3.05, 3.63) is 12.2 Å². The number of ether oxygens (including phenoxy) is 1. The normalized spacial score (nSPS) is 41.6. The van der Waals surface area contributed by atoms with Gasteiger partial charge in [-0.05, 0) is 37.7 Å². The van der Waals surface area contributed by atoms with Gasteiger partial charge in [-0.15, -0.1) is 0 Å². The van der Waals surface area contributed by atoms with E-state index in [0.29, 0.717) is 25.7 Å². The fourth-order valence-corrected chi connectivity index (χ4v) is 6.42. The van der Waals surface area contributed by atoms with E-state index in [4.69, 9.17) is 14.5 Å². The molecule has 0 aromatic carbocycles. The highest BCUT2D eigenvalue weighted by Crippen LogP contribution is 2.44. The van der Waals surface area contributed by atoms with Crippen LogP contribution in [0.3, 0.4) is 0 Å². The van der Waals surface area contributed by atoms with Gasteiger partial charge >= 0.3 is 7.82 Å². The maximum Gasteiger partial charge on any atom is 0.469 e. The van der Waals surface area contributed by atoms with Gasteiger partial charge in [0.05, 0.1) is 12.1 Å². The summed E-state index contributed by atoms with van der Waals surface area (Å²) < 4.78 is 21.6.